The molecule has 0 fully saturated rings. The van der Waals surface area contributed by atoms with E-state index < -0.39 is 0 Å². The number of fused-ring (bicyclic) bond motifs is 1. The van der Waals surface area contributed by atoms with E-state index >= 15 is 0 Å². The van der Waals surface area contributed by atoms with Gasteiger partial charge in [0.25, 0.3) is 0 Å². The number of hydrogen-bond donors (Lipinski definition) is 1. The molecule has 0 bridgehead atoms. The predicted octanol–water partition coefficient (Wildman–Crippen LogP) is 3.23. The Morgan fingerprint density at radius 1 is 1.24 bits per heavy atom. The summed E-state index contributed by atoms with van der Waals surface area (Å²) in [6, 6.07) is 12.4. The van der Waals surface area contributed by atoms with Crippen molar-refractivity contribution in [2.45, 2.75) is 19.4 Å². The van der Waals surface area contributed by atoms with Crippen molar-refractivity contribution in [3.05, 3.63) is 58.9 Å². The van der Waals surface area contributed by atoms with Gasteiger partial charge in [-0.15, -0.1) is 0 Å². The first-order valence-electron chi connectivity index (χ1n) is 6.99. The molecule has 0 aromatic heterocycles. The second kappa shape index (κ2) is 5.45. The molecule has 0 saturated heterocycles. The lowest BCUT2D eigenvalue weighted by Gasteiger charge is -2.31. The standard InChI is InChI=1S/C17H16FN3/c18-15-4-3-13(14(8-15)10-19)11-21-7-1-2-12-9-16(20)5-6-17(12)21/h3-6,8-9H,1-2,7,11,20H2. The third-order valence-electron chi connectivity index (χ3n) is 3.87. The summed E-state index contributed by atoms with van der Waals surface area (Å²) in [4.78, 5) is 2.23. The van der Waals surface area contributed by atoms with Gasteiger partial charge in [-0.05, 0) is 54.3 Å². The van der Waals surface area contributed by atoms with Gasteiger partial charge < -0.3 is 10.6 Å². The number of rotatable bonds is 2. The molecule has 1 aliphatic heterocycles. The van der Waals surface area contributed by atoms with Gasteiger partial charge in [0.2, 0.25) is 0 Å². The largest absolute Gasteiger partial charge is 0.399 e. The Bertz CT molecular complexity index is 718. The fraction of sp³-hybridized carbons (Fsp3) is 0.235. The highest BCUT2D eigenvalue weighted by Gasteiger charge is 2.18. The van der Waals surface area contributed by atoms with Crippen LogP contribution in [0.25, 0.3) is 0 Å². The molecule has 3 rings (SSSR count). The quantitative estimate of drug-likeness (QED) is 0.860. The summed E-state index contributed by atoms with van der Waals surface area (Å²) in [5.41, 5.74) is 10.3. The molecule has 106 valence electrons. The summed E-state index contributed by atoms with van der Waals surface area (Å²) in [7, 11) is 0. The number of nitrogens with zero attached hydrogens (tertiary/aromatic N) is 2. The van der Waals surface area contributed by atoms with Crippen molar-refractivity contribution in [3.63, 3.8) is 0 Å². The van der Waals surface area contributed by atoms with Gasteiger partial charge in [-0.3, -0.25) is 0 Å². The number of anilines is 2. The number of nitrogen functional groups attached to an aromatic ring is 1. The fourth-order valence-corrected chi connectivity index (χ4v) is 2.86. The van der Waals surface area contributed by atoms with Crippen molar-refractivity contribution < 1.29 is 4.39 Å². The third kappa shape index (κ3) is 2.68. The zero-order valence-corrected chi connectivity index (χ0v) is 11.6. The van der Waals surface area contributed by atoms with E-state index in [0.29, 0.717) is 12.1 Å². The average molecular weight is 281 g/mol. The lowest BCUT2D eigenvalue weighted by atomic mass is 9.99. The van der Waals surface area contributed by atoms with Gasteiger partial charge in [0, 0.05) is 24.5 Å². The minimum absolute atomic E-state index is 0.373. The zero-order chi connectivity index (χ0) is 14.8. The molecule has 0 spiro atoms. The number of nitriles is 1. The van der Waals surface area contributed by atoms with Crippen molar-refractivity contribution in [1.82, 2.24) is 0 Å². The summed E-state index contributed by atoms with van der Waals surface area (Å²) < 4.78 is 13.2. The van der Waals surface area contributed by atoms with Crippen LogP contribution in [0.15, 0.2) is 36.4 Å². The summed E-state index contributed by atoms with van der Waals surface area (Å²) >= 11 is 0. The Hall–Kier alpha value is -2.54. The second-order valence-electron chi connectivity index (χ2n) is 5.33. The van der Waals surface area contributed by atoms with Crippen molar-refractivity contribution in [2.24, 2.45) is 0 Å². The van der Waals surface area contributed by atoms with Crippen LogP contribution in [0.3, 0.4) is 0 Å². The second-order valence-corrected chi connectivity index (χ2v) is 5.33. The molecule has 1 aliphatic rings. The predicted molar refractivity (Wildman–Crippen MR) is 81.3 cm³/mol. The molecule has 0 atom stereocenters. The summed E-state index contributed by atoms with van der Waals surface area (Å²) in [6.45, 7) is 1.54. The molecular formula is C17H16FN3. The van der Waals surface area contributed by atoms with Crippen molar-refractivity contribution in [2.75, 3.05) is 17.2 Å². The molecule has 3 nitrogen and oxygen atoms in total. The van der Waals surface area contributed by atoms with Gasteiger partial charge in [0.05, 0.1) is 11.6 Å². The van der Waals surface area contributed by atoms with E-state index in [2.05, 4.69) is 11.0 Å². The molecule has 1 heterocycles. The molecule has 0 saturated carbocycles. The number of aryl methyl sites for hydroxylation is 1. The van der Waals surface area contributed by atoms with Gasteiger partial charge >= 0.3 is 0 Å². The van der Waals surface area contributed by atoms with Gasteiger partial charge in [-0.25, -0.2) is 4.39 Å². The molecule has 2 N–H and O–H groups in total. The average Bonchev–Trinajstić information content (AvgIpc) is 2.49. The van der Waals surface area contributed by atoms with Gasteiger partial charge in [-0.1, -0.05) is 6.07 Å². The Morgan fingerprint density at radius 2 is 2.10 bits per heavy atom. The molecule has 0 amide bonds. The summed E-state index contributed by atoms with van der Waals surface area (Å²) in [5.74, 6) is -0.373. The van der Waals surface area contributed by atoms with Gasteiger partial charge in [0.15, 0.2) is 0 Å². The Balaban J connectivity index is 1.92. The van der Waals surface area contributed by atoms with E-state index in [1.165, 1.54) is 17.7 Å². The lowest BCUT2D eigenvalue weighted by molar-refractivity contribution is 0.625. The van der Waals surface area contributed by atoms with Gasteiger partial charge in [-0.2, -0.15) is 5.26 Å². The van der Waals surface area contributed by atoms with Crippen molar-refractivity contribution in [1.29, 1.82) is 5.26 Å². The molecule has 2 aromatic carbocycles. The molecule has 4 heteroatoms. The normalized spacial score (nSPS) is 13.6. The zero-order valence-electron chi connectivity index (χ0n) is 11.6. The topological polar surface area (TPSA) is 53.0 Å². The van der Waals surface area contributed by atoms with E-state index in [1.807, 2.05) is 18.2 Å². The highest BCUT2D eigenvalue weighted by molar-refractivity contribution is 5.61. The van der Waals surface area contributed by atoms with Crippen LogP contribution in [0, 0.1) is 17.1 Å². The number of hydrogen-bond acceptors (Lipinski definition) is 3. The molecule has 2 aromatic rings. The molecule has 0 radical (unpaired) electrons. The minimum Gasteiger partial charge on any atom is -0.399 e. The van der Waals surface area contributed by atoms with Crippen LogP contribution in [0.4, 0.5) is 15.8 Å². The third-order valence-corrected chi connectivity index (χ3v) is 3.87. The molecular weight excluding hydrogens is 265 g/mol. The van der Waals surface area contributed by atoms with E-state index in [0.717, 1.165) is 36.3 Å². The van der Waals surface area contributed by atoms with Gasteiger partial charge in [0.1, 0.15) is 5.82 Å². The highest BCUT2D eigenvalue weighted by atomic mass is 19.1. The van der Waals surface area contributed by atoms with Crippen LogP contribution in [0.5, 0.6) is 0 Å². The fourth-order valence-electron chi connectivity index (χ4n) is 2.86. The Morgan fingerprint density at radius 3 is 2.90 bits per heavy atom. The van der Waals surface area contributed by atoms with Crippen LogP contribution < -0.4 is 10.6 Å². The smallest absolute Gasteiger partial charge is 0.124 e. The van der Waals surface area contributed by atoms with Crippen LogP contribution in [-0.2, 0) is 13.0 Å². The first kappa shape index (κ1) is 13.4. The Kier molecular flexibility index (Phi) is 3.49. The maximum Gasteiger partial charge on any atom is 0.124 e. The highest BCUT2D eigenvalue weighted by Crippen LogP contribution is 2.30. The van der Waals surface area contributed by atoms with E-state index in [9.17, 15) is 4.39 Å². The summed E-state index contributed by atoms with van der Waals surface area (Å²) in [6.07, 6.45) is 2.07. The first-order chi connectivity index (χ1) is 10.2. The Labute approximate surface area is 123 Å². The van der Waals surface area contributed by atoms with E-state index in [4.69, 9.17) is 11.0 Å². The van der Waals surface area contributed by atoms with E-state index in [1.54, 1.807) is 6.07 Å². The molecule has 0 aliphatic carbocycles. The lowest BCUT2D eigenvalue weighted by Crippen LogP contribution is -2.29. The van der Waals surface area contributed by atoms with Crippen LogP contribution in [-0.4, -0.2) is 6.54 Å². The monoisotopic (exact) mass is 281 g/mol. The number of halogens is 1. The van der Waals surface area contributed by atoms with E-state index in [-0.39, 0.29) is 5.82 Å². The summed E-state index contributed by atoms with van der Waals surface area (Å²) in [5, 5.41) is 9.15. The van der Waals surface area contributed by atoms with Crippen LogP contribution in [0.2, 0.25) is 0 Å². The molecule has 0 unspecified atom stereocenters. The van der Waals surface area contributed by atoms with Crippen LogP contribution in [0.1, 0.15) is 23.1 Å². The van der Waals surface area contributed by atoms with Crippen molar-refractivity contribution in [3.8, 4) is 6.07 Å². The molecule has 21 heavy (non-hydrogen) atoms. The SMILES string of the molecule is N#Cc1cc(F)ccc1CN1CCCc2cc(N)ccc21. The maximum atomic E-state index is 13.2. The number of benzene rings is 2. The first-order valence-corrected chi connectivity index (χ1v) is 6.99. The number of nitrogens with two attached hydrogens (primary N) is 1. The van der Waals surface area contributed by atoms with Crippen molar-refractivity contribution >= 4 is 11.4 Å². The maximum absolute atomic E-state index is 13.2. The van der Waals surface area contributed by atoms with Crippen LogP contribution >= 0.6 is 0 Å². The minimum atomic E-state index is -0.373.